The zero-order chi connectivity index (χ0) is 14.1. The molecule has 110 valence electrons. The lowest BCUT2D eigenvalue weighted by atomic mass is 9.87. The Morgan fingerprint density at radius 3 is 2.40 bits per heavy atom. The van der Waals surface area contributed by atoms with Crippen LogP contribution in [0.4, 0.5) is 0 Å². The van der Waals surface area contributed by atoms with Gasteiger partial charge in [0.05, 0.1) is 0 Å². The molecule has 3 rings (SSSR count). The molecule has 0 aliphatic heterocycles. The van der Waals surface area contributed by atoms with Gasteiger partial charge in [0.15, 0.2) is 0 Å². The van der Waals surface area contributed by atoms with Crippen molar-refractivity contribution in [1.29, 1.82) is 0 Å². The average molecular weight is 275 g/mol. The summed E-state index contributed by atoms with van der Waals surface area (Å²) in [6.07, 6.45) is 11.9. The number of hydrogen-bond donors (Lipinski definition) is 1. The molecule has 0 spiro atoms. The second-order valence-corrected chi connectivity index (χ2v) is 6.77. The van der Waals surface area contributed by atoms with Crippen LogP contribution < -0.4 is 0 Å². The van der Waals surface area contributed by atoms with Gasteiger partial charge in [-0.3, -0.25) is 0 Å². The van der Waals surface area contributed by atoms with Crippen LogP contribution in [0.2, 0.25) is 0 Å². The van der Waals surface area contributed by atoms with Crippen LogP contribution in [0, 0.1) is 5.92 Å². The number of rotatable bonds is 3. The van der Waals surface area contributed by atoms with E-state index in [2.05, 4.69) is 17.7 Å². The maximum Gasteiger partial charge on any atom is 0.352 e. The maximum absolute atomic E-state index is 11.5. The number of aromatic carboxylic acids is 1. The molecule has 1 aromatic rings. The van der Waals surface area contributed by atoms with E-state index in [0.29, 0.717) is 17.7 Å². The first-order chi connectivity index (χ1) is 9.65. The van der Waals surface area contributed by atoms with Gasteiger partial charge in [-0.05, 0) is 62.0 Å². The third kappa shape index (κ3) is 2.63. The van der Waals surface area contributed by atoms with E-state index in [0.717, 1.165) is 18.8 Å². The Balaban J connectivity index is 1.86. The molecule has 1 aromatic heterocycles. The van der Waals surface area contributed by atoms with Crippen molar-refractivity contribution in [2.24, 2.45) is 5.92 Å². The molecule has 0 saturated heterocycles. The Labute approximate surface area is 121 Å². The molecule has 0 radical (unpaired) electrons. The molecular formula is C17H25NO2. The molecule has 0 bridgehead atoms. The molecular weight excluding hydrogens is 250 g/mol. The van der Waals surface area contributed by atoms with Gasteiger partial charge < -0.3 is 9.67 Å². The van der Waals surface area contributed by atoms with Gasteiger partial charge >= 0.3 is 5.97 Å². The summed E-state index contributed by atoms with van der Waals surface area (Å²) in [6, 6.07) is 2.34. The smallest absolute Gasteiger partial charge is 0.352 e. The minimum atomic E-state index is -0.770. The van der Waals surface area contributed by atoms with Crippen LogP contribution in [0.5, 0.6) is 0 Å². The summed E-state index contributed by atoms with van der Waals surface area (Å²) in [7, 11) is 0. The molecule has 1 heterocycles. The number of carboxylic acid groups (broad SMARTS) is 1. The monoisotopic (exact) mass is 275 g/mol. The molecule has 0 unspecified atom stereocenters. The van der Waals surface area contributed by atoms with Crippen LogP contribution in [0.25, 0.3) is 0 Å². The first-order valence-corrected chi connectivity index (χ1v) is 8.10. The molecule has 3 heteroatoms. The highest BCUT2D eigenvalue weighted by atomic mass is 16.4. The van der Waals surface area contributed by atoms with Crippen molar-refractivity contribution >= 4 is 5.97 Å². The quantitative estimate of drug-likeness (QED) is 0.876. The highest BCUT2D eigenvalue weighted by Crippen LogP contribution is 2.38. The fourth-order valence-electron chi connectivity index (χ4n) is 3.98. The second kappa shape index (κ2) is 5.63. The van der Waals surface area contributed by atoms with E-state index in [9.17, 15) is 9.90 Å². The minimum Gasteiger partial charge on any atom is -0.477 e. The molecule has 0 atom stereocenters. The molecule has 0 amide bonds. The number of hydrogen-bond acceptors (Lipinski definition) is 1. The number of nitrogens with zero attached hydrogens (tertiary/aromatic N) is 1. The van der Waals surface area contributed by atoms with Gasteiger partial charge in [0, 0.05) is 12.2 Å². The largest absolute Gasteiger partial charge is 0.477 e. The predicted molar refractivity (Wildman–Crippen MR) is 79.3 cm³/mol. The van der Waals surface area contributed by atoms with Crippen molar-refractivity contribution in [2.75, 3.05) is 0 Å². The Morgan fingerprint density at radius 1 is 1.15 bits per heavy atom. The summed E-state index contributed by atoms with van der Waals surface area (Å²) in [5.74, 6) is 0.620. The molecule has 2 aliphatic carbocycles. The van der Waals surface area contributed by atoms with Crippen LogP contribution in [-0.2, 0) is 0 Å². The summed E-state index contributed by atoms with van der Waals surface area (Å²) in [5.41, 5.74) is 1.77. The number of carboxylic acids is 1. The predicted octanol–water partition coefficient (Wildman–Crippen LogP) is 4.60. The van der Waals surface area contributed by atoms with Gasteiger partial charge in [-0.25, -0.2) is 4.79 Å². The molecule has 2 aliphatic rings. The summed E-state index contributed by atoms with van der Waals surface area (Å²) in [6.45, 7) is 2.30. The van der Waals surface area contributed by atoms with Crippen molar-refractivity contribution in [2.45, 2.75) is 70.3 Å². The van der Waals surface area contributed by atoms with Crippen molar-refractivity contribution in [3.63, 3.8) is 0 Å². The van der Waals surface area contributed by atoms with Crippen LogP contribution in [0.15, 0.2) is 12.3 Å². The Morgan fingerprint density at radius 2 is 1.80 bits per heavy atom. The van der Waals surface area contributed by atoms with Gasteiger partial charge in [-0.1, -0.05) is 19.8 Å². The summed E-state index contributed by atoms with van der Waals surface area (Å²) < 4.78 is 2.07. The fourth-order valence-corrected chi connectivity index (χ4v) is 3.98. The summed E-state index contributed by atoms with van der Waals surface area (Å²) in [5, 5.41) is 9.48. The Bertz CT molecular complexity index is 477. The van der Waals surface area contributed by atoms with Gasteiger partial charge in [-0.2, -0.15) is 0 Å². The van der Waals surface area contributed by atoms with Gasteiger partial charge in [0.1, 0.15) is 5.69 Å². The van der Waals surface area contributed by atoms with E-state index in [-0.39, 0.29) is 0 Å². The lowest BCUT2D eigenvalue weighted by Gasteiger charge is -2.28. The fraction of sp³-hybridized carbons (Fsp3) is 0.706. The lowest BCUT2D eigenvalue weighted by Crippen LogP contribution is -2.19. The van der Waals surface area contributed by atoms with Crippen molar-refractivity contribution < 1.29 is 9.90 Å². The van der Waals surface area contributed by atoms with Crippen LogP contribution >= 0.6 is 0 Å². The van der Waals surface area contributed by atoms with E-state index < -0.39 is 5.97 Å². The molecule has 3 nitrogen and oxygen atoms in total. The molecule has 20 heavy (non-hydrogen) atoms. The van der Waals surface area contributed by atoms with E-state index in [1.165, 1.54) is 44.1 Å². The molecule has 2 saturated carbocycles. The first-order valence-electron chi connectivity index (χ1n) is 8.10. The third-order valence-corrected chi connectivity index (χ3v) is 5.29. The average Bonchev–Trinajstić information content (AvgIpc) is 3.08. The number of aromatic nitrogens is 1. The Kier molecular flexibility index (Phi) is 3.86. The normalized spacial score (nSPS) is 27.9. The van der Waals surface area contributed by atoms with Crippen molar-refractivity contribution in [3.05, 3.63) is 23.5 Å². The van der Waals surface area contributed by atoms with Crippen molar-refractivity contribution in [3.8, 4) is 0 Å². The zero-order valence-electron chi connectivity index (χ0n) is 12.3. The van der Waals surface area contributed by atoms with Crippen molar-refractivity contribution in [1.82, 2.24) is 4.57 Å². The van der Waals surface area contributed by atoms with E-state index >= 15 is 0 Å². The maximum atomic E-state index is 11.5. The molecule has 2 fully saturated rings. The highest BCUT2D eigenvalue weighted by Gasteiger charge is 2.26. The highest BCUT2D eigenvalue weighted by molar-refractivity contribution is 5.86. The first kappa shape index (κ1) is 13.7. The third-order valence-electron chi connectivity index (χ3n) is 5.29. The Hall–Kier alpha value is -1.25. The topological polar surface area (TPSA) is 42.2 Å². The summed E-state index contributed by atoms with van der Waals surface area (Å²) >= 11 is 0. The standard InChI is InChI=1S/C17H25NO2/c1-12-6-8-15(9-7-12)18-11-14(10-16(18)17(19)20)13-4-2-3-5-13/h10-13,15H,2-9H2,1H3,(H,19,20). The summed E-state index contributed by atoms with van der Waals surface area (Å²) in [4.78, 5) is 11.5. The van der Waals surface area contributed by atoms with Gasteiger partial charge in [0.2, 0.25) is 0 Å². The molecule has 0 aromatic carbocycles. The van der Waals surface area contributed by atoms with E-state index in [1.54, 1.807) is 0 Å². The van der Waals surface area contributed by atoms with Crippen LogP contribution in [0.3, 0.4) is 0 Å². The van der Waals surface area contributed by atoms with Gasteiger partial charge in [-0.15, -0.1) is 0 Å². The number of carbonyl (C=O) groups is 1. The zero-order valence-corrected chi connectivity index (χ0v) is 12.3. The second-order valence-electron chi connectivity index (χ2n) is 6.77. The van der Waals surface area contributed by atoms with E-state index in [4.69, 9.17) is 0 Å². The minimum absolute atomic E-state index is 0.396. The van der Waals surface area contributed by atoms with Crippen LogP contribution in [-0.4, -0.2) is 15.6 Å². The van der Waals surface area contributed by atoms with E-state index in [1.807, 2.05) is 6.07 Å². The molecule has 1 N–H and O–H groups in total. The SMILES string of the molecule is CC1CCC(n2cc(C3CCCC3)cc2C(=O)O)CC1. The van der Waals surface area contributed by atoms with Gasteiger partial charge in [0.25, 0.3) is 0 Å². The lowest BCUT2D eigenvalue weighted by molar-refractivity contribution is 0.0680. The van der Waals surface area contributed by atoms with Crippen LogP contribution in [0.1, 0.15) is 86.3 Å².